The predicted octanol–water partition coefficient (Wildman–Crippen LogP) is 3.43. The normalized spacial score (nSPS) is 17.7. The lowest BCUT2D eigenvalue weighted by Crippen LogP contribution is -2.23. The van der Waals surface area contributed by atoms with Crippen LogP contribution in [0.3, 0.4) is 0 Å². The van der Waals surface area contributed by atoms with Gasteiger partial charge in [-0.3, -0.25) is 0 Å². The summed E-state index contributed by atoms with van der Waals surface area (Å²) < 4.78 is 36.3. The molecule has 1 aliphatic carbocycles. The number of alkyl halides is 2. The Morgan fingerprint density at radius 3 is 2.59 bits per heavy atom. The van der Waals surface area contributed by atoms with Gasteiger partial charge in [0.05, 0.1) is 16.1 Å². The minimum atomic E-state index is -2.74. The molecule has 27 heavy (non-hydrogen) atoms. The van der Waals surface area contributed by atoms with Crippen molar-refractivity contribution in [2.24, 2.45) is 7.05 Å². The molecule has 0 spiro atoms. The fourth-order valence-corrected chi connectivity index (χ4v) is 3.40. The van der Waals surface area contributed by atoms with Gasteiger partial charge in [-0.25, -0.2) is 13.6 Å². The van der Waals surface area contributed by atoms with Crippen molar-refractivity contribution in [3.63, 3.8) is 0 Å². The van der Waals surface area contributed by atoms with Gasteiger partial charge in [0.2, 0.25) is 0 Å². The van der Waals surface area contributed by atoms with Crippen LogP contribution in [0.2, 0.25) is 0 Å². The van der Waals surface area contributed by atoms with Crippen LogP contribution in [0.1, 0.15) is 23.5 Å². The lowest BCUT2D eigenvalue weighted by Gasteiger charge is -2.15. The van der Waals surface area contributed by atoms with Gasteiger partial charge in [0, 0.05) is 19.0 Å². The Morgan fingerprint density at radius 1 is 1.22 bits per heavy atom. The minimum absolute atomic E-state index is 0.0176. The molecule has 0 N–H and O–H groups in total. The van der Waals surface area contributed by atoms with Gasteiger partial charge in [-0.15, -0.1) is 0 Å². The molecular formula is C18H15BrF2N4O2. The summed E-state index contributed by atoms with van der Waals surface area (Å²) in [7, 11) is 1.47. The van der Waals surface area contributed by atoms with Crippen LogP contribution in [0.15, 0.2) is 51.7 Å². The molecule has 4 rings (SSSR count). The van der Waals surface area contributed by atoms with E-state index in [0.717, 1.165) is 13.8 Å². The molecule has 1 heterocycles. The van der Waals surface area contributed by atoms with E-state index in [9.17, 15) is 13.6 Å². The fourth-order valence-electron chi connectivity index (χ4n) is 3.00. The van der Waals surface area contributed by atoms with Crippen molar-refractivity contribution >= 4 is 15.9 Å². The number of tetrazole rings is 1. The summed E-state index contributed by atoms with van der Waals surface area (Å²) in [4.78, 5) is 12.3. The maximum absolute atomic E-state index is 13.8. The van der Waals surface area contributed by atoms with Crippen molar-refractivity contribution in [2.75, 3.05) is 0 Å². The van der Waals surface area contributed by atoms with Crippen LogP contribution in [0, 0.1) is 0 Å². The van der Waals surface area contributed by atoms with Crippen LogP contribution >= 0.6 is 15.9 Å². The summed E-state index contributed by atoms with van der Waals surface area (Å²) in [5, 5.41) is 7.55. The third kappa shape index (κ3) is 3.27. The Bertz CT molecular complexity index is 1060. The lowest BCUT2D eigenvalue weighted by molar-refractivity contribution is 0.112. The molecule has 2 aromatic carbocycles. The van der Waals surface area contributed by atoms with Gasteiger partial charge in [-0.05, 0) is 50.1 Å². The van der Waals surface area contributed by atoms with Crippen molar-refractivity contribution < 1.29 is 13.5 Å². The van der Waals surface area contributed by atoms with Crippen LogP contribution < -0.4 is 10.4 Å². The monoisotopic (exact) mass is 436 g/mol. The van der Waals surface area contributed by atoms with Crippen molar-refractivity contribution in [3.8, 4) is 11.4 Å². The second-order valence-electron chi connectivity index (χ2n) is 6.38. The Morgan fingerprint density at radius 2 is 1.96 bits per heavy atom. The first kappa shape index (κ1) is 17.8. The second-order valence-corrected chi connectivity index (χ2v) is 7.23. The number of para-hydroxylation sites is 1. The van der Waals surface area contributed by atoms with Crippen LogP contribution in [-0.2, 0) is 13.7 Å². The van der Waals surface area contributed by atoms with E-state index in [-0.39, 0.29) is 13.0 Å². The van der Waals surface area contributed by atoms with Crippen molar-refractivity contribution in [2.45, 2.75) is 24.9 Å². The van der Waals surface area contributed by atoms with Crippen LogP contribution in [0.25, 0.3) is 5.69 Å². The number of hydrogen-bond donors (Lipinski definition) is 0. The van der Waals surface area contributed by atoms with Gasteiger partial charge in [-0.1, -0.05) is 24.3 Å². The number of rotatable bonds is 5. The minimum Gasteiger partial charge on any atom is -0.488 e. The molecule has 1 saturated carbocycles. The Hall–Kier alpha value is -2.55. The summed E-state index contributed by atoms with van der Waals surface area (Å²) in [5.41, 5.74) is 0.886. The molecule has 0 aliphatic heterocycles. The summed E-state index contributed by atoms with van der Waals surface area (Å²) in [6.45, 7) is 0.0176. The first-order valence-electron chi connectivity index (χ1n) is 8.25. The smallest absolute Gasteiger partial charge is 0.368 e. The topological polar surface area (TPSA) is 61.9 Å². The average molecular weight is 437 g/mol. The summed E-state index contributed by atoms with van der Waals surface area (Å²) >= 11 is 3.40. The molecule has 1 atom stereocenters. The largest absolute Gasteiger partial charge is 0.488 e. The van der Waals surface area contributed by atoms with Gasteiger partial charge >= 0.3 is 5.69 Å². The van der Waals surface area contributed by atoms with E-state index < -0.39 is 17.5 Å². The Kier molecular flexibility index (Phi) is 4.33. The average Bonchev–Trinajstić information content (AvgIpc) is 3.16. The SMILES string of the molecule is Cn1nnn(-c2cccc(C3CC3(F)F)c2COc2ccccc2Br)c1=O. The first-order chi connectivity index (χ1) is 12.9. The second kappa shape index (κ2) is 6.56. The van der Waals surface area contributed by atoms with E-state index in [0.29, 0.717) is 22.6 Å². The number of aromatic nitrogens is 4. The number of ether oxygens (including phenoxy) is 1. The highest BCUT2D eigenvalue weighted by Gasteiger charge is 2.58. The van der Waals surface area contributed by atoms with Gasteiger partial charge in [0.25, 0.3) is 5.92 Å². The molecule has 6 nitrogen and oxygen atoms in total. The van der Waals surface area contributed by atoms with Crippen LogP contribution in [0.5, 0.6) is 5.75 Å². The molecule has 0 radical (unpaired) electrons. The molecule has 0 amide bonds. The Balaban J connectivity index is 1.78. The van der Waals surface area contributed by atoms with Gasteiger partial charge < -0.3 is 4.74 Å². The van der Waals surface area contributed by atoms with Gasteiger partial charge in [0.1, 0.15) is 12.4 Å². The summed E-state index contributed by atoms with van der Waals surface area (Å²) in [6, 6.07) is 12.2. The van der Waals surface area contributed by atoms with Crippen molar-refractivity contribution in [1.82, 2.24) is 19.8 Å². The molecule has 9 heteroatoms. The van der Waals surface area contributed by atoms with Crippen molar-refractivity contribution in [1.29, 1.82) is 0 Å². The third-order valence-corrected chi connectivity index (χ3v) is 5.20. The molecule has 1 unspecified atom stereocenters. The van der Waals surface area contributed by atoms with E-state index in [1.54, 1.807) is 24.3 Å². The van der Waals surface area contributed by atoms with E-state index in [4.69, 9.17) is 4.74 Å². The summed E-state index contributed by atoms with van der Waals surface area (Å²) in [5.74, 6) is -3.05. The van der Waals surface area contributed by atoms with E-state index in [1.807, 2.05) is 18.2 Å². The van der Waals surface area contributed by atoms with Crippen LogP contribution in [-0.4, -0.2) is 25.7 Å². The highest BCUT2D eigenvalue weighted by Crippen LogP contribution is 2.56. The van der Waals surface area contributed by atoms with Gasteiger partial charge in [-0.2, -0.15) is 9.36 Å². The molecule has 3 aromatic rings. The number of benzene rings is 2. The van der Waals surface area contributed by atoms with Gasteiger partial charge in [0.15, 0.2) is 0 Å². The number of hydrogen-bond acceptors (Lipinski definition) is 4. The zero-order valence-corrected chi connectivity index (χ0v) is 15.9. The molecule has 140 valence electrons. The number of aryl methyl sites for hydroxylation is 1. The quantitative estimate of drug-likeness (QED) is 0.614. The van der Waals surface area contributed by atoms with Crippen molar-refractivity contribution in [3.05, 3.63) is 68.5 Å². The lowest BCUT2D eigenvalue weighted by atomic mass is 10.0. The summed E-state index contributed by atoms with van der Waals surface area (Å²) in [6.07, 6.45) is -0.214. The highest BCUT2D eigenvalue weighted by atomic mass is 79.9. The zero-order valence-electron chi connectivity index (χ0n) is 14.3. The Labute approximate surface area is 161 Å². The van der Waals surface area contributed by atoms with E-state index in [2.05, 4.69) is 26.4 Å². The first-order valence-corrected chi connectivity index (χ1v) is 9.04. The molecule has 0 bridgehead atoms. The molecule has 1 fully saturated rings. The van der Waals surface area contributed by atoms with E-state index >= 15 is 0 Å². The molecule has 0 saturated heterocycles. The number of nitrogens with zero attached hydrogens (tertiary/aromatic N) is 4. The molecule has 1 aliphatic rings. The molecule has 1 aromatic heterocycles. The predicted molar refractivity (Wildman–Crippen MR) is 97.4 cm³/mol. The van der Waals surface area contributed by atoms with Crippen LogP contribution in [0.4, 0.5) is 8.78 Å². The van der Waals surface area contributed by atoms with E-state index in [1.165, 1.54) is 7.05 Å². The maximum Gasteiger partial charge on any atom is 0.368 e. The number of halogens is 3. The third-order valence-electron chi connectivity index (χ3n) is 4.55. The highest BCUT2D eigenvalue weighted by molar-refractivity contribution is 9.10. The molecular weight excluding hydrogens is 422 g/mol. The standard InChI is InChI=1S/C18H15BrF2N4O2/c1-24-17(26)25(23-22-24)15-7-4-5-11(13-9-18(13,20)21)12(15)10-27-16-8-3-2-6-14(16)19/h2-8,13H,9-10H2,1H3. The maximum atomic E-state index is 13.8. The zero-order chi connectivity index (χ0) is 19.2. The fraction of sp³-hybridized carbons (Fsp3) is 0.278.